The van der Waals surface area contributed by atoms with Gasteiger partial charge in [-0.25, -0.2) is 8.78 Å². The van der Waals surface area contributed by atoms with Gasteiger partial charge in [0, 0.05) is 25.4 Å². The number of nitrogens with one attached hydrogen (secondary N) is 1. The minimum Gasteiger partial charge on any atom is -0.493 e. The minimum atomic E-state index is -2.52. The van der Waals surface area contributed by atoms with E-state index >= 15 is 0 Å². The van der Waals surface area contributed by atoms with Gasteiger partial charge in [0.1, 0.15) is 6.61 Å². The molecular formula is C19H20BrF2NO2. The molecule has 3 nitrogen and oxygen atoms in total. The molecule has 0 unspecified atom stereocenters. The summed E-state index contributed by atoms with van der Waals surface area (Å²) in [5.74, 6) is -1.27. The fourth-order valence-electron chi connectivity index (χ4n) is 2.80. The summed E-state index contributed by atoms with van der Waals surface area (Å²) in [4.78, 5) is 0. The number of hydrogen-bond acceptors (Lipinski definition) is 3. The molecule has 2 aromatic rings. The lowest BCUT2D eigenvalue weighted by Gasteiger charge is -2.35. The van der Waals surface area contributed by atoms with Crippen LogP contribution in [0.1, 0.15) is 24.0 Å². The fourth-order valence-corrected chi connectivity index (χ4v) is 3.38. The average molecular weight is 412 g/mol. The van der Waals surface area contributed by atoms with Gasteiger partial charge in [-0.15, -0.1) is 0 Å². The van der Waals surface area contributed by atoms with Crippen molar-refractivity contribution in [3.05, 3.63) is 58.1 Å². The Balaban J connectivity index is 1.68. The minimum absolute atomic E-state index is 0.0991. The summed E-state index contributed by atoms with van der Waals surface area (Å²) in [5, 5.41) is 3.16. The van der Waals surface area contributed by atoms with E-state index in [1.807, 2.05) is 42.5 Å². The van der Waals surface area contributed by atoms with Gasteiger partial charge in [-0.3, -0.25) is 0 Å². The van der Waals surface area contributed by atoms with Gasteiger partial charge < -0.3 is 14.8 Å². The highest BCUT2D eigenvalue weighted by Gasteiger charge is 2.44. The van der Waals surface area contributed by atoms with Crippen LogP contribution < -0.4 is 14.8 Å². The smallest absolute Gasteiger partial charge is 0.251 e. The van der Waals surface area contributed by atoms with E-state index in [9.17, 15) is 8.78 Å². The summed E-state index contributed by atoms with van der Waals surface area (Å²) in [6.45, 7) is 0.911. The van der Waals surface area contributed by atoms with E-state index in [0.717, 1.165) is 15.6 Å². The van der Waals surface area contributed by atoms with Crippen molar-refractivity contribution in [2.75, 3.05) is 7.11 Å². The average Bonchev–Trinajstić information content (AvgIpc) is 2.58. The summed E-state index contributed by atoms with van der Waals surface area (Å²) in [5.41, 5.74) is 2.00. The molecule has 0 aliphatic heterocycles. The number of halogens is 3. The van der Waals surface area contributed by atoms with Crippen molar-refractivity contribution < 1.29 is 18.3 Å². The Bertz CT molecular complexity index is 717. The van der Waals surface area contributed by atoms with E-state index in [2.05, 4.69) is 21.2 Å². The summed E-state index contributed by atoms with van der Waals surface area (Å²) < 4.78 is 38.0. The first-order valence-electron chi connectivity index (χ1n) is 8.12. The Morgan fingerprint density at radius 2 is 1.88 bits per heavy atom. The van der Waals surface area contributed by atoms with Crippen molar-refractivity contribution in [2.24, 2.45) is 0 Å². The topological polar surface area (TPSA) is 30.5 Å². The number of alkyl halides is 2. The Kier molecular flexibility index (Phi) is 5.59. The quantitative estimate of drug-likeness (QED) is 0.700. The number of ether oxygens (including phenoxy) is 2. The van der Waals surface area contributed by atoms with Gasteiger partial charge in [-0.05, 0) is 33.1 Å². The van der Waals surface area contributed by atoms with Crippen LogP contribution in [0.4, 0.5) is 8.78 Å². The standard InChI is InChI=1S/C19H20BrF2NO2/c1-24-16-8-7-14(11-23-15-9-19(21,22)10-15)17(20)18(16)25-12-13-5-3-2-4-6-13/h2-8,15,23H,9-12H2,1H3. The molecule has 1 saturated carbocycles. The van der Waals surface area contributed by atoms with Crippen LogP contribution in [0.3, 0.4) is 0 Å². The van der Waals surface area contributed by atoms with E-state index in [-0.39, 0.29) is 18.9 Å². The highest BCUT2D eigenvalue weighted by molar-refractivity contribution is 9.10. The molecule has 0 spiro atoms. The first kappa shape index (κ1) is 18.1. The second kappa shape index (κ2) is 7.70. The normalized spacial score (nSPS) is 16.3. The lowest BCUT2D eigenvalue weighted by Crippen LogP contribution is -2.48. The number of methoxy groups -OCH3 is 1. The maximum Gasteiger partial charge on any atom is 0.251 e. The van der Waals surface area contributed by atoms with Crippen LogP contribution in [-0.2, 0) is 13.2 Å². The van der Waals surface area contributed by atoms with Crippen LogP contribution in [0.25, 0.3) is 0 Å². The van der Waals surface area contributed by atoms with Gasteiger partial charge in [0.2, 0.25) is 0 Å². The zero-order chi connectivity index (χ0) is 17.9. The first-order chi connectivity index (χ1) is 12.0. The van der Waals surface area contributed by atoms with Crippen LogP contribution in [0.5, 0.6) is 11.5 Å². The molecule has 6 heteroatoms. The Hall–Kier alpha value is -1.66. The number of benzene rings is 2. The van der Waals surface area contributed by atoms with Crippen molar-refractivity contribution in [2.45, 2.75) is 38.0 Å². The lowest BCUT2D eigenvalue weighted by atomic mass is 9.88. The summed E-state index contributed by atoms with van der Waals surface area (Å²) in [6, 6.07) is 13.4. The third-order valence-electron chi connectivity index (χ3n) is 4.26. The lowest BCUT2D eigenvalue weighted by molar-refractivity contribution is -0.0930. The molecule has 1 fully saturated rings. The third-order valence-corrected chi connectivity index (χ3v) is 5.13. The van der Waals surface area contributed by atoms with Gasteiger partial charge in [0.25, 0.3) is 5.92 Å². The monoisotopic (exact) mass is 411 g/mol. The van der Waals surface area contributed by atoms with E-state index in [1.54, 1.807) is 7.11 Å². The molecule has 3 rings (SSSR count). The molecule has 0 atom stereocenters. The molecule has 0 amide bonds. The SMILES string of the molecule is COc1ccc(CNC2CC(F)(F)C2)c(Br)c1OCc1ccccc1. The molecule has 134 valence electrons. The molecule has 0 radical (unpaired) electrons. The van der Waals surface area contributed by atoms with Crippen molar-refractivity contribution >= 4 is 15.9 Å². The Morgan fingerprint density at radius 3 is 2.52 bits per heavy atom. The molecule has 0 bridgehead atoms. The van der Waals surface area contributed by atoms with Crippen LogP contribution in [0, 0.1) is 0 Å². The second-order valence-electron chi connectivity index (χ2n) is 6.19. The molecule has 1 aliphatic rings. The van der Waals surface area contributed by atoms with Gasteiger partial charge >= 0.3 is 0 Å². The Labute approximate surface area is 154 Å². The third kappa shape index (κ3) is 4.50. The molecular weight excluding hydrogens is 392 g/mol. The Morgan fingerprint density at radius 1 is 1.16 bits per heavy atom. The van der Waals surface area contributed by atoms with Crippen molar-refractivity contribution in [1.82, 2.24) is 5.32 Å². The predicted octanol–water partition coefficient (Wildman–Crippen LogP) is 4.92. The molecule has 1 aliphatic carbocycles. The first-order valence-corrected chi connectivity index (χ1v) is 8.91. The summed E-state index contributed by atoms with van der Waals surface area (Å²) in [6.07, 6.45) is -0.198. The van der Waals surface area contributed by atoms with E-state index in [4.69, 9.17) is 9.47 Å². The predicted molar refractivity (Wildman–Crippen MR) is 96.3 cm³/mol. The number of rotatable bonds is 7. The van der Waals surface area contributed by atoms with Gasteiger partial charge in [-0.2, -0.15) is 0 Å². The molecule has 2 aromatic carbocycles. The largest absolute Gasteiger partial charge is 0.493 e. The zero-order valence-corrected chi connectivity index (χ0v) is 15.5. The molecule has 1 N–H and O–H groups in total. The maximum absolute atomic E-state index is 12.9. The zero-order valence-electron chi connectivity index (χ0n) is 13.9. The van der Waals surface area contributed by atoms with Crippen LogP contribution in [-0.4, -0.2) is 19.1 Å². The van der Waals surface area contributed by atoms with Gasteiger partial charge in [0.15, 0.2) is 11.5 Å². The van der Waals surface area contributed by atoms with Crippen molar-refractivity contribution in [1.29, 1.82) is 0 Å². The molecule has 0 heterocycles. The van der Waals surface area contributed by atoms with Crippen LogP contribution >= 0.6 is 15.9 Å². The molecule has 0 aromatic heterocycles. The van der Waals surface area contributed by atoms with Crippen LogP contribution in [0.15, 0.2) is 46.9 Å². The van der Waals surface area contributed by atoms with E-state index in [1.165, 1.54) is 0 Å². The molecule has 25 heavy (non-hydrogen) atoms. The van der Waals surface area contributed by atoms with Crippen molar-refractivity contribution in [3.8, 4) is 11.5 Å². The summed E-state index contributed by atoms with van der Waals surface area (Å²) >= 11 is 3.57. The second-order valence-corrected chi connectivity index (χ2v) is 6.98. The van der Waals surface area contributed by atoms with E-state index < -0.39 is 5.92 Å². The highest BCUT2D eigenvalue weighted by Crippen LogP contribution is 2.40. The van der Waals surface area contributed by atoms with Crippen molar-refractivity contribution in [3.63, 3.8) is 0 Å². The van der Waals surface area contributed by atoms with Gasteiger partial charge in [0.05, 0.1) is 11.6 Å². The fraction of sp³-hybridized carbons (Fsp3) is 0.368. The number of hydrogen-bond donors (Lipinski definition) is 1. The highest BCUT2D eigenvalue weighted by atomic mass is 79.9. The van der Waals surface area contributed by atoms with Crippen LogP contribution in [0.2, 0.25) is 0 Å². The molecule has 0 saturated heterocycles. The van der Waals surface area contributed by atoms with E-state index in [0.29, 0.717) is 24.7 Å². The maximum atomic E-state index is 12.9. The summed E-state index contributed by atoms with van der Waals surface area (Å²) in [7, 11) is 1.59. The van der Waals surface area contributed by atoms with Gasteiger partial charge in [-0.1, -0.05) is 36.4 Å².